The number of rotatable bonds is 7. The van der Waals surface area contributed by atoms with E-state index in [1.165, 1.54) is 31.6 Å². The molecule has 4 rings (SSSR count). The average Bonchev–Trinajstić information content (AvgIpc) is 3.74. The Morgan fingerprint density at radius 2 is 1.64 bits per heavy atom. The Labute approximate surface area is 228 Å². The van der Waals surface area contributed by atoms with Gasteiger partial charge in [-0.3, -0.25) is 14.4 Å². The van der Waals surface area contributed by atoms with E-state index in [-0.39, 0.29) is 42.0 Å². The van der Waals surface area contributed by atoms with Gasteiger partial charge in [-0.15, -0.1) is 0 Å². The Bertz CT molecular complexity index is 1200. The minimum absolute atomic E-state index is 0.0114. The van der Waals surface area contributed by atoms with Crippen LogP contribution in [0.2, 0.25) is 0 Å². The zero-order valence-electron chi connectivity index (χ0n) is 23.1. The lowest BCUT2D eigenvalue weighted by Gasteiger charge is -2.39. The van der Waals surface area contributed by atoms with Crippen LogP contribution in [0.5, 0.6) is 0 Å². The molecule has 1 aliphatic carbocycles. The van der Waals surface area contributed by atoms with E-state index in [9.17, 15) is 18.8 Å². The van der Waals surface area contributed by atoms with E-state index < -0.39 is 17.3 Å². The highest BCUT2D eigenvalue weighted by Crippen LogP contribution is 2.33. The molecule has 2 heterocycles. The molecule has 0 radical (unpaired) electrons. The molecule has 11 heteroatoms. The number of hydrogen-bond acceptors (Lipinski definition) is 7. The van der Waals surface area contributed by atoms with Crippen LogP contribution in [-0.2, 0) is 9.57 Å². The molecule has 0 bridgehead atoms. The number of ether oxygens (including phenoxy) is 1. The van der Waals surface area contributed by atoms with Crippen LogP contribution in [0.15, 0.2) is 30.6 Å². The summed E-state index contributed by atoms with van der Waals surface area (Å²) < 4.78 is 20.2. The summed E-state index contributed by atoms with van der Waals surface area (Å²) in [7, 11) is 1.35. The molecule has 2 fully saturated rings. The van der Waals surface area contributed by atoms with Crippen molar-refractivity contribution in [1.29, 1.82) is 0 Å². The topological polar surface area (TPSA) is 105 Å². The van der Waals surface area contributed by atoms with Gasteiger partial charge in [-0.25, -0.2) is 24.2 Å². The number of benzene rings is 1. The molecule has 3 amide bonds. The molecule has 39 heavy (non-hydrogen) atoms. The molecule has 2 aliphatic rings. The maximum absolute atomic E-state index is 14.7. The number of likely N-dealkylation sites (tertiary alicyclic amines) is 1. The summed E-state index contributed by atoms with van der Waals surface area (Å²) >= 11 is 0. The monoisotopic (exact) mass is 541 g/mol. The van der Waals surface area contributed by atoms with Crippen LogP contribution in [0, 0.1) is 5.82 Å². The summed E-state index contributed by atoms with van der Waals surface area (Å²) in [4.78, 5) is 55.6. The lowest BCUT2D eigenvalue weighted by atomic mass is 10.0. The van der Waals surface area contributed by atoms with E-state index in [2.05, 4.69) is 9.97 Å². The third-order valence-corrected chi connectivity index (χ3v) is 6.77. The van der Waals surface area contributed by atoms with Crippen molar-refractivity contribution in [1.82, 2.24) is 24.8 Å². The molecule has 0 N–H and O–H groups in total. The van der Waals surface area contributed by atoms with Crippen LogP contribution < -0.4 is 0 Å². The Kier molecular flexibility index (Phi) is 8.48. The summed E-state index contributed by atoms with van der Waals surface area (Å²) in [5.74, 6) is -1.20. The minimum Gasteiger partial charge on any atom is -0.444 e. The van der Waals surface area contributed by atoms with Gasteiger partial charge in [0.15, 0.2) is 5.82 Å². The molecule has 1 aromatic carbocycles. The van der Waals surface area contributed by atoms with Gasteiger partial charge < -0.3 is 14.5 Å². The zero-order valence-corrected chi connectivity index (χ0v) is 23.1. The van der Waals surface area contributed by atoms with Crippen molar-refractivity contribution in [3.05, 3.63) is 47.5 Å². The summed E-state index contributed by atoms with van der Waals surface area (Å²) in [5, 5.41) is 1.06. The van der Waals surface area contributed by atoms with Crippen molar-refractivity contribution >= 4 is 17.9 Å². The first-order valence-electron chi connectivity index (χ1n) is 13.3. The molecule has 0 atom stereocenters. The standard InChI is InChI=1S/C28H36FN5O5/c1-6-33(38-5)26(36)22-10-7-18(15-23(22)29)24-30-16-19(17-31-24)25(35)34(20-8-9-20)21-11-13-32(14-12-21)27(37)39-28(2,3)4/h7,10,15-17,20-21H,6,8-9,11-14H2,1-5H3. The molecule has 0 unspecified atom stereocenters. The average molecular weight is 542 g/mol. The van der Waals surface area contributed by atoms with E-state index in [1.807, 2.05) is 25.7 Å². The highest BCUT2D eigenvalue weighted by molar-refractivity contribution is 5.95. The van der Waals surface area contributed by atoms with Crippen LogP contribution >= 0.6 is 0 Å². The largest absolute Gasteiger partial charge is 0.444 e. The van der Waals surface area contributed by atoms with Gasteiger partial charge in [0, 0.05) is 49.7 Å². The van der Waals surface area contributed by atoms with E-state index in [0.717, 1.165) is 17.9 Å². The third-order valence-electron chi connectivity index (χ3n) is 6.77. The highest BCUT2D eigenvalue weighted by Gasteiger charge is 2.40. The number of carbonyl (C=O) groups excluding carboxylic acids is 3. The number of nitrogens with zero attached hydrogens (tertiary/aromatic N) is 5. The number of hydrogen-bond donors (Lipinski definition) is 0. The lowest BCUT2D eigenvalue weighted by Crippen LogP contribution is -2.50. The van der Waals surface area contributed by atoms with Crippen molar-refractivity contribution in [2.24, 2.45) is 0 Å². The van der Waals surface area contributed by atoms with Crippen LogP contribution in [0.1, 0.15) is 74.1 Å². The Hall–Kier alpha value is -3.60. The van der Waals surface area contributed by atoms with Crippen molar-refractivity contribution in [3.8, 4) is 11.4 Å². The molecular formula is C28H36FN5O5. The van der Waals surface area contributed by atoms with Crippen LogP contribution in [0.25, 0.3) is 11.4 Å². The van der Waals surface area contributed by atoms with E-state index in [4.69, 9.17) is 9.57 Å². The molecule has 1 aromatic heterocycles. The van der Waals surface area contributed by atoms with E-state index in [1.54, 1.807) is 17.9 Å². The normalized spacial score (nSPS) is 16.1. The predicted octanol–water partition coefficient (Wildman–Crippen LogP) is 4.31. The van der Waals surface area contributed by atoms with Crippen molar-refractivity contribution in [2.75, 3.05) is 26.7 Å². The first kappa shape index (κ1) is 28.4. The van der Waals surface area contributed by atoms with Crippen molar-refractivity contribution < 1.29 is 28.3 Å². The number of carbonyl (C=O) groups is 3. The van der Waals surface area contributed by atoms with E-state index >= 15 is 0 Å². The smallest absolute Gasteiger partial charge is 0.410 e. The molecule has 1 saturated carbocycles. The molecule has 1 aliphatic heterocycles. The van der Waals surface area contributed by atoms with Crippen LogP contribution in [0.3, 0.4) is 0 Å². The third kappa shape index (κ3) is 6.70. The SMILES string of the molecule is CCN(OC)C(=O)c1ccc(-c2ncc(C(=O)N(C3CC3)C3CCN(C(=O)OC(C)(C)C)CC3)cn2)cc1F. The van der Waals surface area contributed by atoms with Crippen LogP contribution in [0.4, 0.5) is 9.18 Å². The van der Waals surface area contributed by atoms with Gasteiger partial charge in [0.05, 0.1) is 18.2 Å². The first-order chi connectivity index (χ1) is 18.5. The maximum atomic E-state index is 14.7. The number of piperidine rings is 1. The minimum atomic E-state index is -0.714. The van der Waals surface area contributed by atoms with E-state index in [0.29, 0.717) is 37.1 Å². The van der Waals surface area contributed by atoms with Gasteiger partial charge in [-0.1, -0.05) is 6.07 Å². The molecule has 210 valence electrons. The summed E-state index contributed by atoms with van der Waals surface area (Å²) in [6.07, 6.45) is 5.81. The molecule has 2 aromatic rings. The fourth-order valence-corrected chi connectivity index (χ4v) is 4.69. The quantitative estimate of drug-likeness (QED) is 0.481. The van der Waals surface area contributed by atoms with Gasteiger partial charge in [0.2, 0.25) is 0 Å². The van der Waals surface area contributed by atoms with Crippen molar-refractivity contribution in [2.45, 2.75) is 71.1 Å². The number of aromatic nitrogens is 2. The second-order valence-corrected chi connectivity index (χ2v) is 10.8. The lowest BCUT2D eigenvalue weighted by molar-refractivity contribution is -0.0917. The highest BCUT2D eigenvalue weighted by atomic mass is 19.1. The van der Waals surface area contributed by atoms with Gasteiger partial charge >= 0.3 is 6.09 Å². The fourth-order valence-electron chi connectivity index (χ4n) is 4.69. The predicted molar refractivity (Wildman–Crippen MR) is 141 cm³/mol. The molecule has 10 nitrogen and oxygen atoms in total. The Balaban J connectivity index is 1.43. The summed E-state index contributed by atoms with van der Waals surface area (Å²) in [6.45, 7) is 8.57. The second kappa shape index (κ2) is 11.6. The number of halogens is 1. The fraction of sp³-hybridized carbons (Fsp3) is 0.536. The molecule has 1 saturated heterocycles. The van der Waals surface area contributed by atoms with Crippen LogP contribution in [-0.4, -0.2) is 87.2 Å². The Morgan fingerprint density at radius 3 is 2.15 bits per heavy atom. The maximum Gasteiger partial charge on any atom is 0.410 e. The number of amides is 3. The van der Waals surface area contributed by atoms with Gasteiger partial charge in [-0.05, 0) is 65.5 Å². The van der Waals surface area contributed by atoms with Gasteiger partial charge in [-0.2, -0.15) is 0 Å². The number of hydroxylamine groups is 2. The summed E-state index contributed by atoms with van der Waals surface area (Å²) in [6, 6.07) is 4.31. The van der Waals surface area contributed by atoms with Gasteiger partial charge in [0.25, 0.3) is 11.8 Å². The van der Waals surface area contributed by atoms with Gasteiger partial charge in [0.1, 0.15) is 11.4 Å². The second-order valence-electron chi connectivity index (χ2n) is 10.8. The summed E-state index contributed by atoms with van der Waals surface area (Å²) in [5.41, 5.74) is 0.0667. The first-order valence-corrected chi connectivity index (χ1v) is 13.3. The van der Waals surface area contributed by atoms with Crippen molar-refractivity contribution in [3.63, 3.8) is 0 Å². The zero-order chi connectivity index (χ0) is 28.3. The molecular weight excluding hydrogens is 505 g/mol. The molecule has 0 spiro atoms. The Morgan fingerprint density at radius 1 is 1.03 bits per heavy atom.